The van der Waals surface area contributed by atoms with E-state index in [2.05, 4.69) is 26.6 Å². The zero-order valence-electron chi connectivity index (χ0n) is 12.2. The molecule has 0 heterocycles. The predicted molar refractivity (Wildman–Crippen MR) is 89.4 cm³/mol. The van der Waals surface area contributed by atoms with Crippen LogP contribution in [0.4, 0.5) is 11.4 Å². The van der Waals surface area contributed by atoms with Crippen LogP contribution >= 0.6 is 15.9 Å². The molecule has 2 N–H and O–H groups in total. The quantitative estimate of drug-likeness (QED) is 0.875. The van der Waals surface area contributed by atoms with Crippen LogP contribution in [0.25, 0.3) is 0 Å². The number of methoxy groups -OCH3 is 1. The molecule has 0 spiro atoms. The lowest BCUT2D eigenvalue weighted by Crippen LogP contribution is -2.12. The average molecular weight is 349 g/mol. The lowest BCUT2D eigenvalue weighted by atomic mass is 10.1. The van der Waals surface area contributed by atoms with Crippen molar-refractivity contribution in [2.24, 2.45) is 0 Å². The van der Waals surface area contributed by atoms with Crippen molar-refractivity contribution in [2.75, 3.05) is 24.8 Å². The molecule has 0 unspecified atom stereocenters. The fraction of sp³-hybridized carbons (Fsp3) is 0.188. The Morgan fingerprint density at radius 2 is 1.95 bits per heavy atom. The number of anilines is 2. The molecule has 0 aliphatic carbocycles. The number of benzene rings is 2. The van der Waals surface area contributed by atoms with Gasteiger partial charge in [-0.05, 0) is 58.7 Å². The standard InChI is InChI=1S/C16H17BrN2O2/c1-10-8-11(4-7-14(10)18-2)16(20)19-12-5-6-13(17)15(9-12)21-3/h4-9,18H,1-3H3,(H,19,20). The number of nitrogens with one attached hydrogen (secondary N) is 2. The van der Waals surface area contributed by atoms with Gasteiger partial charge in [-0.25, -0.2) is 0 Å². The van der Waals surface area contributed by atoms with Gasteiger partial charge >= 0.3 is 0 Å². The Morgan fingerprint density at radius 1 is 1.19 bits per heavy atom. The van der Waals surface area contributed by atoms with Crippen LogP contribution in [-0.4, -0.2) is 20.1 Å². The summed E-state index contributed by atoms with van der Waals surface area (Å²) < 4.78 is 6.06. The highest BCUT2D eigenvalue weighted by Crippen LogP contribution is 2.28. The van der Waals surface area contributed by atoms with Gasteiger partial charge in [0, 0.05) is 30.1 Å². The van der Waals surface area contributed by atoms with E-state index in [4.69, 9.17) is 4.74 Å². The summed E-state index contributed by atoms with van der Waals surface area (Å²) >= 11 is 3.38. The minimum Gasteiger partial charge on any atom is -0.495 e. The SMILES string of the molecule is CNc1ccc(C(=O)Nc2ccc(Br)c(OC)c2)cc1C. The number of carbonyl (C=O) groups excluding carboxylic acids is 1. The monoisotopic (exact) mass is 348 g/mol. The van der Waals surface area contributed by atoms with Gasteiger partial charge in [0.15, 0.2) is 0 Å². The molecular formula is C16H17BrN2O2. The van der Waals surface area contributed by atoms with E-state index >= 15 is 0 Å². The van der Waals surface area contributed by atoms with E-state index < -0.39 is 0 Å². The molecule has 5 heteroatoms. The van der Waals surface area contributed by atoms with Gasteiger partial charge < -0.3 is 15.4 Å². The molecule has 2 rings (SSSR count). The summed E-state index contributed by atoms with van der Waals surface area (Å²) in [5.74, 6) is 0.527. The zero-order chi connectivity index (χ0) is 15.4. The summed E-state index contributed by atoms with van der Waals surface area (Å²) in [5, 5.41) is 5.94. The summed E-state index contributed by atoms with van der Waals surface area (Å²) in [7, 11) is 3.45. The molecule has 0 atom stereocenters. The molecule has 0 aliphatic rings. The Kier molecular flexibility index (Phi) is 4.85. The molecule has 0 saturated heterocycles. The van der Waals surface area contributed by atoms with Gasteiger partial charge in [-0.2, -0.15) is 0 Å². The molecule has 0 aromatic heterocycles. The molecule has 2 aromatic carbocycles. The second-order valence-electron chi connectivity index (χ2n) is 4.58. The van der Waals surface area contributed by atoms with E-state index in [0.29, 0.717) is 17.0 Å². The maximum Gasteiger partial charge on any atom is 0.255 e. The van der Waals surface area contributed by atoms with E-state index in [9.17, 15) is 4.79 Å². The third kappa shape index (κ3) is 3.55. The fourth-order valence-electron chi connectivity index (χ4n) is 2.03. The third-order valence-corrected chi connectivity index (χ3v) is 3.82. The minimum atomic E-state index is -0.148. The van der Waals surface area contributed by atoms with Crippen LogP contribution in [-0.2, 0) is 0 Å². The number of hydrogen-bond donors (Lipinski definition) is 2. The summed E-state index contributed by atoms with van der Waals surface area (Å²) in [5.41, 5.74) is 3.35. The second kappa shape index (κ2) is 6.63. The summed E-state index contributed by atoms with van der Waals surface area (Å²) in [4.78, 5) is 12.3. The number of halogens is 1. The van der Waals surface area contributed by atoms with Gasteiger partial charge in [0.05, 0.1) is 11.6 Å². The van der Waals surface area contributed by atoms with Crippen molar-refractivity contribution in [1.29, 1.82) is 0 Å². The van der Waals surface area contributed by atoms with Crippen molar-refractivity contribution in [3.05, 3.63) is 52.0 Å². The maximum absolute atomic E-state index is 12.3. The van der Waals surface area contributed by atoms with Gasteiger partial charge in [-0.3, -0.25) is 4.79 Å². The topological polar surface area (TPSA) is 50.4 Å². The lowest BCUT2D eigenvalue weighted by Gasteiger charge is -2.10. The Labute approximate surface area is 132 Å². The van der Waals surface area contributed by atoms with Crippen LogP contribution in [0, 0.1) is 6.92 Å². The third-order valence-electron chi connectivity index (χ3n) is 3.17. The first kappa shape index (κ1) is 15.4. The van der Waals surface area contributed by atoms with Crippen molar-refractivity contribution < 1.29 is 9.53 Å². The van der Waals surface area contributed by atoms with Crippen molar-refractivity contribution in [2.45, 2.75) is 6.92 Å². The van der Waals surface area contributed by atoms with Crippen LogP contribution in [0.1, 0.15) is 15.9 Å². The van der Waals surface area contributed by atoms with E-state index in [1.165, 1.54) is 0 Å². The molecular weight excluding hydrogens is 332 g/mol. The summed E-state index contributed by atoms with van der Waals surface area (Å²) in [6.45, 7) is 1.96. The van der Waals surface area contributed by atoms with Crippen molar-refractivity contribution in [3.8, 4) is 5.75 Å². The maximum atomic E-state index is 12.3. The highest BCUT2D eigenvalue weighted by Gasteiger charge is 2.09. The number of hydrogen-bond acceptors (Lipinski definition) is 3. The Morgan fingerprint density at radius 3 is 2.57 bits per heavy atom. The normalized spacial score (nSPS) is 10.1. The Bertz CT molecular complexity index is 671. The van der Waals surface area contributed by atoms with E-state index in [0.717, 1.165) is 15.7 Å². The van der Waals surface area contributed by atoms with Crippen LogP contribution in [0.2, 0.25) is 0 Å². The number of aryl methyl sites for hydroxylation is 1. The molecule has 110 valence electrons. The number of carbonyl (C=O) groups is 1. The van der Waals surface area contributed by atoms with Crippen LogP contribution in [0.5, 0.6) is 5.75 Å². The first-order valence-electron chi connectivity index (χ1n) is 6.48. The van der Waals surface area contributed by atoms with Crippen molar-refractivity contribution in [3.63, 3.8) is 0 Å². The van der Waals surface area contributed by atoms with Gasteiger partial charge in [-0.1, -0.05) is 0 Å². The van der Waals surface area contributed by atoms with Crippen molar-refractivity contribution >= 4 is 33.2 Å². The second-order valence-corrected chi connectivity index (χ2v) is 5.44. The molecule has 4 nitrogen and oxygen atoms in total. The largest absolute Gasteiger partial charge is 0.495 e. The Hall–Kier alpha value is -2.01. The van der Waals surface area contributed by atoms with Crippen molar-refractivity contribution in [1.82, 2.24) is 0 Å². The van der Waals surface area contributed by atoms with Crippen LogP contribution in [0.15, 0.2) is 40.9 Å². The lowest BCUT2D eigenvalue weighted by molar-refractivity contribution is 0.102. The molecule has 0 fully saturated rings. The summed E-state index contributed by atoms with van der Waals surface area (Å²) in [6.07, 6.45) is 0. The van der Waals surface area contributed by atoms with E-state index in [-0.39, 0.29) is 5.91 Å². The van der Waals surface area contributed by atoms with Crippen LogP contribution < -0.4 is 15.4 Å². The van der Waals surface area contributed by atoms with E-state index in [1.54, 1.807) is 19.2 Å². The average Bonchev–Trinajstić information content (AvgIpc) is 2.49. The van der Waals surface area contributed by atoms with Gasteiger partial charge in [0.25, 0.3) is 5.91 Å². The number of rotatable bonds is 4. The molecule has 2 aromatic rings. The highest BCUT2D eigenvalue weighted by molar-refractivity contribution is 9.10. The highest BCUT2D eigenvalue weighted by atomic mass is 79.9. The summed E-state index contributed by atoms with van der Waals surface area (Å²) in [6, 6.07) is 11.0. The van der Waals surface area contributed by atoms with Crippen LogP contribution in [0.3, 0.4) is 0 Å². The minimum absolute atomic E-state index is 0.148. The van der Waals surface area contributed by atoms with Gasteiger partial charge in [0.2, 0.25) is 0 Å². The fourth-order valence-corrected chi connectivity index (χ4v) is 2.43. The van der Waals surface area contributed by atoms with Gasteiger partial charge in [-0.15, -0.1) is 0 Å². The molecule has 0 radical (unpaired) electrons. The number of ether oxygens (including phenoxy) is 1. The molecule has 0 bridgehead atoms. The molecule has 0 saturated carbocycles. The van der Waals surface area contributed by atoms with E-state index in [1.807, 2.05) is 38.2 Å². The number of amides is 1. The zero-order valence-corrected chi connectivity index (χ0v) is 13.7. The Balaban J connectivity index is 2.19. The predicted octanol–water partition coefficient (Wildman–Crippen LogP) is 4.06. The first-order valence-corrected chi connectivity index (χ1v) is 7.27. The molecule has 0 aliphatic heterocycles. The first-order chi connectivity index (χ1) is 10.0. The molecule has 1 amide bonds. The molecule has 21 heavy (non-hydrogen) atoms. The smallest absolute Gasteiger partial charge is 0.255 e. The van der Waals surface area contributed by atoms with Gasteiger partial charge in [0.1, 0.15) is 5.75 Å².